The molecule has 114 valence electrons. The average molecular weight is 300 g/mol. The summed E-state index contributed by atoms with van der Waals surface area (Å²) in [5, 5.41) is 7.16. The van der Waals surface area contributed by atoms with Gasteiger partial charge >= 0.3 is 0 Å². The molecular formula is C13H24N4O2S. The number of hydrogen-bond acceptors (Lipinski definition) is 4. The predicted molar refractivity (Wildman–Crippen MR) is 78.0 cm³/mol. The second-order valence-electron chi connectivity index (χ2n) is 5.51. The van der Waals surface area contributed by atoms with E-state index < -0.39 is 10.0 Å². The molecule has 1 aliphatic rings. The first-order valence-electron chi connectivity index (χ1n) is 7.17. The molecule has 6 nitrogen and oxygen atoms in total. The standard InChI is InChI=1S/C13H24N4O2S/c1-11-5-4-6-12(2)17(11)20(18,19)13-9-15-16(10-13)8-7-14-3/h9-12,14H,4-8H2,1-3H3/t11-,12+. The average Bonchev–Trinajstić information content (AvgIpc) is 2.85. The van der Waals surface area contributed by atoms with Crippen molar-refractivity contribution in [2.75, 3.05) is 13.6 Å². The minimum Gasteiger partial charge on any atom is -0.318 e. The van der Waals surface area contributed by atoms with Gasteiger partial charge in [0, 0.05) is 24.8 Å². The number of hydrogen-bond donors (Lipinski definition) is 1. The van der Waals surface area contributed by atoms with Gasteiger partial charge in [0.05, 0.1) is 12.7 Å². The Balaban J connectivity index is 2.22. The van der Waals surface area contributed by atoms with E-state index in [1.54, 1.807) is 15.2 Å². The van der Waals surface area contributed by atoms with E-state index in [0.29, 0.717) is 11.4 Å². The van der Waals surface area contributed by atoms with Crippen molar-refractivity contribution in [3.63, 3.8) is 0 Å². The zero-order valence-corrected chi connectivity index (χ0v) is 13.2. The smallest absolute Gasteiger partial charge is 0.246 e. The number of nitrogens with one attached hydrogen (secondary N) is 1. The van der Waals surface area contributed by atoms with Gasteiger partial charge < -0.3 is 5.32 Å². The van der Waals surface area contributed by atoms with Gasteiger partial charge in [-0.15, -0.1) is 0 Å². The van der Waals surface area contributed by atoms with Crippen molar-refractivity contribution < 1.29 is 8.42 Å². The zero-order chi connectivity index (χ0) is 14.8. The van der Waals surface area contributed by atoms with E-state index in [1.807, 2.05) is 20.9 Å². The van der Waals surface area contributed by atoms with Crippen molar-refractivity contribution in [3.8, 4) is 0 Å². The van der Waals surface area contributed by atoms with E-state index in [0.717, 1.165) is 25.8 Å². The maximum atomic E-state index is 12.8. The third-order valence-electron chi connectivity index (χ3n) is 3.89. The molecule has 2 heterocycles. The van der Waals surface area contributed by atoms with Crippen LogP contribution < -0.4 is 5.32 Å². The largest absolute Gasteiger partial charge is 0.318 e. The van der Waals surface area contributed by atoms with Crippen molar-refractivity contribution in [2.24, 2.45) is 0 Å². The lowest BCUT2D eigenvalue weighted by Crippen LogP contribution is -2.47. The van der Waals surface area contributed by atoms with Gasteiger partial charge in [-0.1, -0.05) is 6.42 Å². The molecule has 2 rings (SSSR count). The fraction of sp³-hybridized carbons (Fsp3) is 0.769. The molecule has 0 radical (unpaired) electrons. The van der Waals surface area contributed by atoms with Crippen LogP contribution in [0.3, 0.4) is 0 Å². The van der Waals surface area contributed by atoms with Crippen molar-refractivity contribution in [1.29, 1.82) is 0 Å². The second kappa shape index (κ2) is 6.24. The Bertz CT molecular complexity index is 530. The van der Waals surface area contributed by atoms with Crippen LogP contribution in [0.25, 0.3) is 0 Å². The lowest BCUT2D eigenvalue weighted by Gasteiger charge is -2.37. The highest BCUT2D eigenvalue weighted by Crippen LogP contribution is 2.29. The normalized spacial score (nSPS) is 24.9. The molecule has 20 heavy (non-hydrogen) atoms. The van der Waals surface area contributed by atoms with Crippen LogP contribution in [0.15, 0.2) is 17.3 Å². The highest BCUT2D eigenvalue weighted by Gasteiger charge is 2.36. The van der Waals surface area contributed by atoms with Gasteiger partial charge in [-0.25, -0.2) is 8.42 Å². The molecule has 1 aliphatic heterocycles. The lowest BCUT2D eigenvalue weighted by atomic mass is 10.0. The maximum absolute atomic E-state index is 12.8. The molecule has 1 aromatic rings. The predicted octanol–water partition coefficient (Wildman–Crippen LogP) is 1.05. The van der Waals surface area contributed by atoms with Crippen molar-refractivity contribution >= 4 is 10.0 Å². The van der Waals surface area contributed by atoms with E-state index in [1.165, 1.54) is 6.20 Å². The fourth-order valence-electron chi connectivity index (χ4n) is 2.82. The Morgan fingerprint density at radius 1 is 1.35 bits per heavy atom. The number of rotatable bonds is 5. The van der Waals surface area contributed by atoms with Crippen LogP contribution in [-0.4, -0.2) is 48.2 Å². The Labute approximate surface area is 121 Å². The van der Waals surface area contributed by atoms with Gasteiger partial charge in [-0.3, -0.25) is 4.68 Å². The number of nitrogens with zero attached hydrogens (tertiary/aromatic N) is 3. The topological polar surface area (TPSA) is 67.2 Å². The molecule has 1 saturated heterocycles. The van der Waals surface area contributed by atoms with Gasteiger partial charge in [-0.2, -0.15) is 9.40 Å². The summed E-state index contributed by atoms with van der Waals surface area (Å²) in [6.45, 7) is 5.39. The molecule has 0 saturated carbocycles. The molecule has 2 atom stereocenters. The van der Waals surface area contributed by atoms with Gasteiger partial charge in [0.2, 0.25) is 10.0 Å². The molecule has 0 bridgehead atoms. The number of aromatic nitrogens is 2. The third kappa shape index (κ3) is 3.05. The summed E-state index contributed by atoms with van der Waals surface area (Å²) in [7, 11) is -1.58. The van der Waals surface area contributed by atoms with Crippen LogP contribution in [0.5, 0.6) is 0 Å². The van der Waals surface area contributed by atoms with Crippen LogP contribution in [0.4, 0.5) is 0 Å². The lowest BCUT2D eigenvalue weighted by molar-refractivity contribution is 0.204. The Kier molecular flexibility index (Phi) is 4.82. The molecule has 1 fully saturated rings. The van der Waals surface area contributed by atoms with Gasteiger partial charge in [0.15, 0.2) is 0 Å². The molecule has 1 aromatic heterocycles. The zero-order valence-electron chi connectivity index (χ0n) is 12.4. The first-order valence-corrected chi connectivity index (χ1v) is 8.61. The molecule has 0 spiro atoms. The summed E-state index contributed by atoms with van der Waals surface area (Å²) in [5.41, 5.74) is 0. The first kappa shape index (κ1) is 15.5. The minimum atomic E-state index is -3.44. The van der Waals surface area contributed by atoms with E-state index in [4.69, 9.17) is 0 Å². The molecule has 1 N–H and O–H groups in total. The SMILES string of the molecule is CNCCn1cc(S(=O)(=O)N2[C@H](C)CCC[C@@H]2C)cn1. The van der Waals surface area contributed by atoms with E-state index in [9.17, 15) is 8.42 Å². The number of piperidine rings is 1. The first-order chi connectivity index (χ1) is 9.46. The Hall–Kier alpha value is -0.920. The molecule has 0 aliphatic carbocycles. The highest BCUT2D eigenvalue weighted by atomic mass is 32.2. The summed E-state index contributed by atoms with van der Waals surface area (Å²) in [5.74, 6) is 0. The van der Waals surface area contributed by atoms with E-state index >= 15 is 0 Å². The monoisotopic (exact) mass is 300 g/mol. The summed E-state index contributed by atoms with van der Waals surface area (Å²) in [4.78, 5) is 0.300. The van der Waals surface area contributed by atoms with E-state index in [2.05, 4.69) is 10.4 Å². The van der Waals surface area contributed by atoms with Crippen molar-refractivity contribution in [1.82, 2.24) is 19.4 Å². The van der Waals surface area contributed by atoms with Crippen LogP contribution in [-0.2, 0) is 16.6 Å². The van der Waals surface area contributed by atoms with Crippen molar-refractivity contribution in [2.45, 2.75) is 56.6 Å². The van der Waals surface area contributed by atoms with Crippen LogP contribution in [0.2, 0.25) is 0 Å². The molecule has 0 aromatic carbocycles. The molecular weight excluding hydrogens is 276 g/mol. The highest BCUT2D eigenvalue weighted by molar-refractivity contribution is 7.89. The van der Waals surface area contributed by atoms with Crippen LogP contribution in [0.1, 0.15) is 33.1 Å². The fourth-order valence-corrected chi connectivity index (χ4v) is 4.66. The molecule has 0 unspecified atom stereocenters. The third-order valence-corrected chi connectivity index (χ3v) is 5.97. The second-order valence-corrected chi connectivity index (χ2v) is 7.35. The van der Waals surface area contributed by atoms with Crippen LogP contribution in [0, 0.1) is 0 Å². The molecule has 0 amide bonds. The maximum Gasteiger partial charge on any atom is 0.246 e. The van der Waals surface area contributed by atoms with Gasteiger partial charge in [0.25, 0.3) is 0 Å². The summed E-state index contributed by atoms with van der Waals surface area (Å²) >= 11 is 0. The number of likely N-dealkylation sites (N-methyl/N-ethyl adjacent to an activating group) is 1. The molecule has 7 heteroatoms. The Morgan fingerprint density at radius 3 is 2.60 bits per heavy atom. The van der Waals surface area contributed by atoms with Crippen LogP contribution >= 0.6 is 0 Å². The number of sulfonamides is 1. The summed E-state index contributed by atoms with van der Waals surface area (Å²) < 4.78 is 28.8. The van der Waals surface area contributed by atoms with Crippen molar-refractivity contribution in [3.05, 3.63) is 12.4 Å². The quantitative estimate of drug-likeness (QED) is 0.883. The Morgan fingerprint density at radius 2 is 2.00 bits per heavy atom. The summed E-state index contributed by atoms with van der Waals surface area (Å²) in [6, 6.07) is 0.119. The van der Waals surface area contributed by atoms with Gasteiger partial charge in [0.1, 0.15) is 4.90 Å². The van der Waals surface area contributed by atoms with Gasteiger partial charge in [-0.05, 0) is 33.7 Å². The summed E-state index contributed by atoms with van der Waals surface area (Å²) in [6.07, 6.45) is 6.03. The minimum absolute atomic E-state index is 0.0596. The van der Waals surface area contributed by atoms with E-state index in [-0.39, 0.29) is 12.1 Å².